The van der Waals surface area contributed by atoms with Gasteiger partial charge in [-0.15, -0.1) is 0 Å². The zero-order valence-electron chi connectivity index (χ0n) is 15.6. The van der Waals surface area contributed by atoms with Gasteiger partial charge in [-0.2, -0.15) is 0 Å². The summed E-state index contributed by atoms with van der Waals surface area (Å²) in [5, 5.41) is 0. The highest BCUT2D eigenvalue weighted by Crippen LogP contribution is 2.05. The van der Waals surface area contributed by atoms with E-state index in [0.29, 0.717) is 25.5 Å². The lowest BCUT2D eigenvalue weighted by Crippen LogP contribution is -2.35. The second-order valence-electron chi connectivity index (χ2n) is 5.61. The van der Waals surface area contributed by atoms with Crippen LogP contribution in [-0.4, -0.2) is 61.0 Å². The standard InChI is InChI=1S/C19H30N2O4/c1-4-20(5-2)13-8-14-21(15-12-19(23)24-6-3)18(22)11-10-17-9-7-16-25-17/h7,9-11,16H,4-6,8,12-15H2,1-3H3/b11-10+. The average Bonchev–Trinajstić information content (AvgIpc) is 3.13. The van der Waals surface area contributed by atoms with Crippen LogP contribution in [0.1, 0.15) is 39.4 Å². The molecule has 0 radical (unpaired) electrons. The number of hydrogen-bond donors (Lipinski definition) is 0. The van der Waals surface area contributed by atoms with E-state index in [1.54, 1.807) is 36.3 Å². The Bertz CT molecular complexity index is 522. The molecule has 0 bridgehead atoms. The summed E-state index contributed by atoms with van der Waals surface area (Å²) in [7, 11) is 0. The first-order chi connectivity index (χ1) is 12.1. The fourth-order valence-corrected chi connectivity index (χ4v) is 2.46. The maximum atomic E-state index is 12.5. The minimum absolute atomic E-state index is 0.125. The average molecular weight is 350 g/mol. The first kappa shape index (κ1) is 21.0. The SMILES string of the molecule is CCOC(=O)CCN(CCCN(CC)CC)C(=O)/C=C/c1ccco1. The fraction of sp³-hybridized carbons (Fsp3) is 0.579. The van der Waals surface area contributed by atoms with Crippen LogP contribution >= 0.6 is 0 Å². The van der Waals surface area contributed by atoms with Crippen LogP contribution in [0.25, 0.3) is 6.08 Å². The van der Waals surface area contributed by atoms with Crippen molar-refractivity contribution in [2.75, 3.05) is 39.3 Å². The third kappa shape index (κ3) is 8.54. The van der Waals surface area contributed by atoms with E-state index in [0.717, 1.165) is 26.1 Å². The summed E-state index contributed by atoms with van der Waals surface area (Å²) in [5.74, 6) is 0.223. The molecule has 6 nitrogen and oxygen atoms in total. The van der Waals surface area contributed by atoms with Gasteiger partial charge >= 0.3 is 5.97 Å². The van der Waals surface area contributed by atoms with Crippen molar-refractivity contribution in [3.05, 3.63) is 30.2 Å². The molecule has 1 aromatic heterocycles. The molecule has 0 spiro atoms. The molecule has 1 amide bonds. The molecule has 0 aliphatic heterocycles. The van der Waals surface area contributed by atoms with Gasteiger partial charge in [-0.1, -0.05) is 13.8 Å². The van der Waals surface area contributed by atoms with Gasteiger partial charge in [0.05, 0.1) is 19.3 Å². The zero-order chi connectivity index (χ0) is 18.5. The van der Waals surface area contributed by atoms with E-state index in [1.165, 1.54) is 6.08 Å². The monoisotopic (exact) mass is 350 g/mol. The molecule has 0 aromatic carbocycles. The number of carbonyl (C=O) groups is 2. The summed E-state index contributed by atoms with van der Waals surface area (Å²) in [6, 6.07) is 3.56. The minimum Gasteiger partial charge on any atom is -0.466 e. The number of carbonyl (C=O) groups excluding carboxylic acids is 2. The number of hydrogen-bond acceptors (Lipinski definition) is 5. The van der Waals surface area contributed by atoms with Gasteiger partial charge in [-0.05, 0) is 51.2 Å². The molecule has 0 aliphatic rings. The van der Waals surface area contributed by atoms with Crippen molar-refractivity contribution < 1.29 is 18.7 Å². The predicted octanol–water partition coefficient (Wildman–Crippen LogP) is 2.81. The van der Waals surface area contributed by atoms with Gasteiger partial charge in [0, 0.05) is 19.2 Å². The Morgan fingerprint density at radius 1 is 1.16 bits per heavy atom. The first-order valence-electron chi connectivity index (χ1n) is 8.99. The van der Waals surface area contributed by atoms with Crippen molar-refractivity contribution in [3.63, 3.8) is 0 Å². The topological polar surface area (TPSA) is 63.0 Å². The van der Waals surface area contributed by atoms with Crippen LogP contribution in [-0.2, 0) is 14.3 Å². The highest BCUT2D eigenvalue weighted by atomic mass is 16.5. The van der Waals surface area contributed by atoms with Crippen LogP contribution in [0.2, 0.25) is 0 Å². The van der Waals surface area contributed by atoms with E-state index in [4.69, 9.17) is 9.15 Å². The van der Waals surface area contributed by atoms with Crippen LogP contribution in [0.15, 0.2) is 28.9 Å². The second-order valence-corrected chi connectivity index (χ2v) is 5.61. The molecule has 0 unspecified atom stereocenters. The van der Waals surface area contributed by atoms with Crippen molar-refractivity contribution in [1.29, 1.82) is 0 Å². The predicted molar refractivity (Wildman–Crippen MR) is 98.0 cm³/mol. The van der Waals surface area contributed by atoms with Gasteiger partial charge in [0.25, 0.3) is 0 Å². The summed E-state index contributed by atoms with van der Waals surface area (Å²) in [6.45, 7) is 10.3. The van der Waals surface area contributed by atoms with E-state index in [2.05, 4.69) is 18.7 Å². The van der Waals surface area contributed by atoms with Gasteiger partial charge in [-0.25, -0.2) is 0 Å². The van der Waals surface area contributed by atoms with Crippen molar-refractivity contribution >= 4 is 18.0 Å². The summed E-state index contributed by atoms with van der Waals surface area (Å²) >= 11 is 0. The smallest absolute Gasteiger partial charge is 0.307 e. The lowest BCUT2D eigenvalue weighted by Gasteiger charge is -2.23. The fourth-order valence-electron chi connectivity index (χ4n) is 2.46. The van der Waals surface area contributed by atoms with E-state index in [9.17, 15) is 9.59 Å². The molecule has 6 heteroatoms. The number of ether oxygens (including phenoxy) is 1. The van der Waals surface area contributed by atoms with Crippen LogP contribution in [0.3, 0.4) is 0 Å². The van der Waals surface area contributed by atoms with Gasteiger partial charge < -0.3 is 19.0 Å². The van der Waals surface area contributed by atoms with Crippen LogP contribution in [0.4, 0.5) is 0 Å². The first-order valence-corrected chi connectivity index (χ1v) is 8.99. The van der Waals surface area contributed by atoms with Crippen LogP contribution in [0.5, 0.6) is 0 Å². The van der Waals surface area contributed by atoms with E-state index >= 15 is 0 Å². The molecular weight excluding hydrogens is 320 g/mol. The molecule has 0 saturated carbocycles. The molecule has 0 saturated heterocycles. The van der Waals surface area contributed by atoms with Gasteiger partial charge in [0.1, 0.15) is 5.76 Å². The Balaban J connectivity index is 2.58. The summed E-state index contributed by atoms with van der Waals surface area (Å²) in [4.78, 5) is 28.0. The summed E-state index contributed by atoms with van der Waals surface area (Å²) in [5.41, 5.74) is 0. The van der Waals surface area contributed by atoms with Crippen molar-refractivity contribution in [2.24, 2.45) is 0 Å². The lowest BCUT2D eigenvalue weighted by molar-refractivity contribution is -0.143. The Morgan fingerprint density at radius 3 is 2.52 bits per heavy atom. The number of esters is 1. The van der Waals surface area contributed by atoms with Gasteiger partial charge in [0.15, 0.2) is 0 Å². The maximum absolute atomic E-state index is 12.5. The lowest BCUT2D eigenvalue weighted by atomic mass is 10.3. The second kappa shape index (κ2) is 12.3. The molecule has 25 heavy (non-hydrogen) atoms. The Morgan fingerprint density at radius 2 is 1.92 bits per heavy atom. The third-order valence-corrected chi connectivity index (χ3v) is 3.93. The van der Waals surface area contributed by atoms with E-state index in [-0.39, 0.29) is 18.3 Å². The number of rotatable bonds is 12. The summed E-state index contributed by atoms with van der Waals surface area (Å²) in [6.07, 6.45) is 5.77. The molecule has 0 atom stereocenters. The molecule has 1 heterocycles. The maximum Gasteiger partial charge on any atom is 0.307 e. The minimum atomic E-state index is -0.279. The molecule has 0 aliphatic carbocycles. The highest BCUT2D eigenvalue weighted by molar-refractivity contribution is 5.91. The Hall–Kier alpha value is -2.08. The number of amides is 1. The normalized spacial score (nSPS) is 11.2. The van der Waals surface area contributed by atoms with Crippen molar-refractivity contribution in [3.8, 4) is 0 Å². The highest BCUT2D eigenvalue weighted by Gasteiger charge is 2.14. The molecule has 0 fully saturated rings. The molecule has 140 valence electrons. The van der Waals surface area contributed by atoms with E-state index in [1.807, 2.05) is 0 Å². The van der Waals surface area contributed by atoms with Crippen molar-refractivity contribution in [2.45, 2.75) is 33.6 Å². The molecule has 1 aromatic rings. The number of nitrogens with zero attached hydrogens (tertiary/aromatic N) is 2. The van der Waals surface area contributed by atoms with E-state index < -0.39 is 0 Å². The van der Waals surface area contributed by atoms with Gasteiger partial charge in [0.2, 0.25) is 5.91 Å². The third-order valence-electron chi connectivity index (χ3n) is 3.93. The quantitative estimate of drug-likeness (QED) is 0.428. The van der Waals surface area contributed by atoms with Gasteiger partial charge in [-0.3, -0.25) is 9.59 Å². The largest absolute Gasteiger partial charge is 0.466 e. The molecule has 0 N–H and O–H groups in total. The zero-order valence-corrected chi connectivity index (χ0v) is 15.6. The van der Waals surface area contributed by atoms with Crippen molar-refractivity contribution in [1.82, 2.24) is 9.80 Å². The van der Waals surface area contributed by atoms with Crippen LogP contribution < -0.4 is 0 Å². The Labute approximate surface area is 150 Å². The Kier molecular flexibility index (Phi) is 10.3. The molecule has 1 rings (SSSR count). The molecular formula is C19H30N2O4. The van der Waals surface area contributed by atoms with Crippen LogP contribution in [0, 0.1) is 0 Å². The summed E-state index contributed by atoms with van der Waals surface area (Å²) < 4.78 is 10.1. The number of furan rings is 1.